The van der Waals surface area contributed by atoms with Crippen LogP contribution in [0, 0.1) is 0 Å². The summed E-state index contributed by atoms with van der Waals surface area (Å²) in [7, 11) is -3.68. The lowest BCUT2D eigenvalue weighted by Gasteiger charge is -2.07. The summed E-state index contributed by atoms with van der Waals surface area (Å²) in [5.74, 6) is 0.234. The van der Waals surface area contributed by atoms with Gasteiger partial charge in [-0.05, 0) is 24.3 Å². The van der Waals surface area contributed by atoms with E-state index in [0.29, 0.717) is 32.4 Å². The summed E-state index contributed by atoms with van der Waals surface area (Å²) in [4.78, 5) is 8.35. The topological polar surface area (TPSA) is 104 Å². The summed E-state index contributed by atoms with van der Waals surface area (Å²) in [6, 6.07) is 13.9. The van der Waals surface area contributed by atoms with Crippen LogP contribution in [0.4, 0.5) is 5.82 Å². The van der Waals surface area contributed by atoms with Crippen LogP contribution in [-0.4, -0.2) is 34.4 Å². The monoisotopic (exact) mass is 433 g/mol. The molecular formula is C18H13Cl2N5O2S. The molecule has 0 unspecified atom stereocenters. The molecule has 0 fully saturated rings. The van der Waals surface area contributed by atoms with E-state index in [2.05, 4.69) is 15.1 Å². The maximum Gasteiger partial charge on any atom is 0.249 e. The standard InChI is InChI=1S/C18H13Cl2N5O2S/c1-28(26,27)18-22-15(10-5-4-6-11(19)9-10)14-16(21)25(24-17(14)23-18)13-8-3-2-7-12(13)20/h2-9H,21H2,1H3. The van der Waals surface area contributed by atoms with Crippen LogP contribution in [0.3, 0.4) is 0 Å². The largest absolute Gasteiger partial charge is 0.383 e. The number of hydrogen-bond donors (Lipinski definition) is 1. The molecule has 2 aromatic carbocycles. The first-order chi connectivity index (χ1) is 13.3. The Morgan fingerprint density at radius 3 is 2.46 bits per heavy atom. The first kappa shape index (κ1) is 18.7. The van der Waals surface area contributed by atoms with Gasteiger partial charge in [-0.25, -0.2) is 18.1 Å². The number of hydrogen-bond acceptors (Lipinski definition) is 6. The highest BCUT2D eigenvalue weighted by atomic mass is 35.5. The van der Waals surface area contributed by atoms with Crippen molar-refractivity contribution in [3.05, 3.63) is 58.6 Å². The van der Waals surface area contributed by atoms with Gasteiger partial charge in [-0.1, -0.05) is 47.5 Å². The summed E-state index contributed by atoms with van der Waals surface area (Å²) in [5.41, 5.74) is 7.95. The molecule has 28 heavy (non-hydrogen) atoms. The second-order valence-corrected chi connectivity index (χ2v) is 8.84. The molecule has 4 aromatic rings. The Bertz CT molecular complexity index is 1340. The highest BCUT2D eigenvalue weighted by molar-refractivity contribution is 7.90. The SMILES string of the molecule is CS(=O)(=O)c1nc(-c2cccc(Cl)c2)c2c(N)n(-c3ccccc3Cl)nc2n1. The molecule has 2 heterocycles. The van der Waals surface area contributed by atoms with E-state index in [-0.39, 0.29) is 16.6 Å². The number of nitrogen functional groups attached to an aromatic ring is 1. The van der Waals surface area contributed by atoms with Crippen LogP contribution >= 0.6 is 23.2 Å². The maximum absolute atomic E-state index is 12.1. The zero-order chi connectivity index (χ0) is 20.1. The molecule has 0 amide bonds. The van der Waals surface area contributed by atoms with Gasteiger partial charge in [0.25, 0.3) is 0 Å². The van der Waals surface area contributed by atoms with Gasteiger partial charge in [0, 0.05) is 16.8 Å². The van der Waals surface area contributed by atoms with Crippen LogP contribution in [-0.2, 0) is 9.84 Å². The molecule has 2 N–H and O–H groups in total. The number of halogens is 2. The van der Waals surface area contributed by atoms with Crippen LogP contribution in [0.1, 0.15) is 0 Å². The Kier molecular flexibility index (Phi) is 4.49. The van der Waals surface area contributed by atoms with Crippen LogP contribution in [0.2, 0.25) is 10.0 Å². The highest BCUT2D eigenvalue weighted by Gasteiger charge is 2.23. The first-order valence-corrected chi connectivity index (χ1v) is 10.7. The number of fused-ring (bicyclic) bond motifs is 1. The van der Waals surface area contributed by atoms with Gasteiger partial charge < -0.3 is 5.73 Å². The predicted molar refractivity (Wildman–Crippen MR) is 110 cm³/mol. The number of sulfone groups is 1. The van der Waals surface area contributed by atoms with E-state index in [4.69, 9.17) is 28.9 Å². The second-order valence-electron chi connectivity index (χ2n) is 6.08. The molecule has 0 radical (unpaired) electrons. The first-order valence-electron chi connectivity index (χ1n) is 8.03. The van der Waals surface area contributed by atoms with Crippen molar-refractivity contribution in [3.63, 3.8) is 0 Å². The van der Waals surface area contributed by atoms with Crippen molar-refractivity contribution in [1.82, 2.24) is 19.7 Å². The van der Waals surface area contributed by atoms with E-state index < -0.39 is 9.84 Å². The molecule has 2 aromatic heterocycles. The number of rotatable bonds is 3. The molecule has 0 saturated carbocycles. The Balaban J connectivity index is 2.11. The van der Waals surface area contributed by atoms with E-state index in [0.717, 1.165) is 6.26 Å². The third kappa shape index (κ3) is 3.19. The van der Waals surface area contributed by atoms with Gasteiger partial charge in [-0.2, -0.15) is 4.98 Å². The Labute approximate surface area is 170 Å². The Hall–Kier alpha value is -2.68. The molecular weight excluding hydrogens is 421 g/mol. The molecule has 142 valence electrons. The molecule has 0 atom stereocenters. The number of anilines is 1. The molecule has 0 bridgehead atoms. The number of nitrogens with zero attached hydrogens (tertiary/aromatic N) is 4. The predicted octanol–water partition coefficient (Wildman–Crippen LogP) is 3.78. The lowest BCUT2D eigenvalue weighted by molar-refractivity contribution is 0.593. The fourth-order valence-corrected chi connectivity index (χ4v) is 3.72. The minimum Gasteiger partial charge on any atom is -0.383 e. The quantitative estimate of drug-likeness (QED) is 0.493. The van der Waals surface area contributed by atoms with Gasteiger partial charge in [-0.3, -0.25) is 0 Å². The molecule has 4 rings (SSSR count). The fourth-order valence-electron chi connectivity index (χ4n) is 2.81. The van der Waals surface area contributed by atoms with Crippen LogP contribution in [0.15, 0.2) is 53.7 Å². The molecule has 0 spiro atoms. The lowest BCUT2D eigenvalue weighted by Crippen LogP contribution is -2.05. The number of para-hydroxylation sites is 1. The van der Waals surface area contributed by atoms with E-state index >= 15 is 0 Å². The number of nitrogens with two attached hydrogens (primary N) is 1. The van der Waals surface area contributed by atoms with E-state index in [1.165, 1.54) is 4.68 Å². The smallest absolute Gasteiger partial charge is 0.249 e. The number of aromatic nitrogens is 4. The van der Waals surface area contributed by atoms with E-state index in [9.17, 15) is 8.42 Å². The van der Waals surface area contributed by atoms with Gasteiger partial charge in [0.05, 0.1) is 21.8 Å². The van der Waals surface area contributed by atoms with Crippen LogP contribution in [0.5, 0.6) is 0 Å². The van der Waals surface area contributed by atoms with Gasteiger partial charge in [0.2, 0.25) is 15.0 Å². The van der Waals surface area contributed by atoms with Crippen molar-refractivity contribution in [2.45, 2.75) is 5.16 Å². The number of benzene rings is 2. The average molecular weight is 434 g/mol. The third-order valence-electron chi connectivity index (χ3n) is 4.06. The van der Waals surface area contributed by atoms with Gasteiger partial charge >= 0.3 is 0 Å². The second kappa shape index (κ2) is 6.73. The van der Waals surface area contributed by atoms with Crippen molar-refractivity contribution in [3.8, 4) is 16.9 Å². The normalized spacial score (nSPS) is 11.8. The third-order valence-corrected chi connectivity index (χ3v) is 5.46. The molecule has 0 saturated heterocycles. The molecule has 10 heteroatoms. The van der Waals surface area contributed by atoms with E-state index in [1.54, 1.807) is 48.5 Å². The van der Waals surface area contributed by atoms with Crippen molar-refractivity contribution in [2.24, 2.45) is 0 Å². The van der Waals surface area contributed by atoms with Crippen molar-refractivity contribution in [2.75, 3.05) is 12.0 Å². The summed E-state index contributed by atoms with van der Waals surface area (Å²) in [6.07, 6.45) is 1.03. The zero-order valence-corrected chi connectivity index (χ0v) is 16.8. The van der Waals surface area contributed by atoms with Crippen molar-refractivity contribution >= 4 is 49.9 Å². The molecule has 7 nitrogen and oxygen atoms in total. The van der Waals surface area contributed by atoms with Gasteiger partial charge in [-0.15, -0.1) is 5.10 Å². The summed E-state index contributed by atoms with van der Waals surface area (Å²) in [6.45, 7) is 0. The lowest BCUT2D eigenvalue weighted by atomic mass is 10.1. The minimum atomic E-state index is -3.68. The average Bonchev–Trinajstić information content (AvgIpc) is 2.97. The van der Waals surface area contributed by atoms with Gasteiger partial charge in [0.15, 0.2) is 5.65 Å². The maximum atomic E-state index is 12.1. The molecule has 0 aliphatic carbocycles. The van der Waals surface area contributed by atoms with Crippen LogP contribution in [0.25, 0.3) is 28.0 Å². The van der Waals surface area contributed by atoms with Crippen molar-refractivity contribution in [1.29, 1.82) is 0 Å². The summed E-state index contributed by atoms with van der Waals surface area (Å²) in [5, 5.41) is 5.36. The molecule has 0 aliphatic rings. The van der Waals surface area contributed by atoms with Gasteiger partial charge in [0.1, 0.15) is 5.82 Å². The Morgan fingerprint density at radius 2 is 1.79 bits per heavy atom. The van der Waals surface area contributed by atoms with Crippen LogP contribution < -0.4 is 5.73 Å². The minimum absolute atomic E-state index is 0.142. The van der Waals surface area contributed by atoms with Crippen molar-refractivity contribution < 1.29 is 8.42 Å². The summed E-state index contributed by atoms with van der Waals surface area (Å²) >= 11 is 12.4. The Morgan fingerprint density at radius 1 is 1.04 bits per heavy atom. The van der Waals surface area contributed by atoms with E-state index in [1.807, 2.05) is 0 Å². The zero-order valence-electron chi connectivity index (χ0n) is 14.5. The fraction of sp³-hybridized carbons (Fsp3) is 0.0556. The molecule has 0 aliphatic heterocycles. The summed E-state index contributed by atoms with van der Waals surface area (Å²) < 4.78 is 25.6. The highest BCUT2D eigenvalue weighted by Crippen LogP contribution is 2.34.